The molecule has 0 unspecified atom stereocenters. The fourth-order valence-corrected chi connectivity index (χ4v) is 4.03. The van der Waals surface area contributed by atoms with Crippen LogP contribution in [0, 0.1) is 35.3 Å². The van der Waals surface area contributed by atoms with Gasteiger partial charge in [-0.25, -0.2) is 0 Å². The summed E-state index contributed by atoms with van der Waals surface area (Å²) >= 11 is 3.49. The van der Waals surface area contributed by atoms with Crippen LogP contribution in [0.25, 0.3) is 6.08 Å². The Bertz CT molecular complexity index is 1340. The number of hydrogen-bond donors (Lipinski definition) is 1. The predicted octanol–water partition coefficient (Wildman–Crippen LogP) is 6.50. The number of hydrogen-bond acceptors (Lipinski definition) is 6. The molecule has 0 aliphatic rings. The summed E-state index contributed by atoms with van der Waals surface area (Å²) in [5.41, 5.74) is 3.73. The molecule has 0 aliphatic heterocycles. The molecule has 0 aromatic heterocycles. The van der Waals surface area contributed by atoms with Crippen LogP contribution < -0.4 is 14.8 Å². The van der Waals surface area contributed by atoms with E-state index in [9.17, 15) is 20.2 Å². The second-order valence-electron chi connectivity index (χ2n) is 7.87. The first-order valence-corrected chi connectivity index (χ1v) is 11.8. The summed E-state index contributed by atoms with van der Waals surface area (Å²) in [4.78, 5) is 23.2. The maximum Gasteiger partial charge on any atom is 0.269 e. The molecule has 0 atom stereocenters. The number of benzene rings is 3. The fraction of sp³-hybridized carbons (Fsp3) is 0.185. The number of non-ortho nitro benzene ring substituents is 1. The normalized spacial score (nSPS) is 10.9. The summed E-state index contributed by atoms with van der Waals surface area (Å²) in [6.07, 6.45) is 1.48. The minimum Gasteiger partial charge on any atom is -0.490 e. The van der Waals surface area contributed by atoms with E-state index in [-0.39, 0.29) is 17.9 Å². The molecule has 0 bridgehead atoms. The van der Waals surface area contributed by atoms with Gasteiger partial charge in [0.15, 0.2) is 11.5 Å². The highest BCUT2D eigenvalue weighted by Gasteiger charge is 2.16. The van der Waals surface area contributed by atoms with Crippen LogP contribution in [0.3, 0.4) is 0 Å². The van der Waals surface area contributed by atoms with E-state index in [2.05, 4.69) is 21.2 Å². The molecule has 0 aliphatic carbocycles. The highest BCUT2D eigenvalue weighted by atomic mass is 79.9. The second-order valence-corrected chi connectivity index (χ2v) is 8.72. The van der Waals surface area contributed by atoms with Gasteiger partial charge in [-0.15, -0.1) is 0 Å². The van der Waals surface area contributed by atoms with Crippen molar-refractivity contribution in [2.75, 3.05) is 11.9 Å². The zero-order chi connectivity index (χ0) is 26.2. The molecule has 0 saturated carbocycles. The number of rotatable bonds is 9. The first kappa shape index (κ1) is 26.4. The van der Waals surface area contributed by atoms with Gasteiger partial charge in [-0.05, 0) is 89.3 Å². The van der Waals surface area contributed by atoms with Crippen LogP contribution in [0.1, 0.15) is 29.2 Å². The zero-order valence-corrected chi connectivity index (χ0v) is 21.6. The van der Waals surface area contributed by atoms with Crippen LogP contribution in [0.15, 0.2) is 64.6 Å². The average molecular weight is 550 g/mol. The Morgan fingerprint density at radius 1 is 1.14 bits per heavy atom. The second kappa shape index (κ2) is 12.0. The molecule has 8 nitrogen and oxygen atoms in total. The number of carbonyl (C=O) groups is 1. The first-order valence-electron chi connectivity index (χ1n) is 11.0. The van der Waals surface area contributed by atoms with Gasteiger partial charge in [0.2, 0.25) is 0 Å². The predicted molar refractivity (Wildman–Crippen MR) is 141 cm³/mol. The number of aryl methyl sites for hydroxylation is 2. The molecule has 0 fully saturated rings. The van der Waals surface area contributed by atoms with Gasteiger partial charge >= 0.3 is 0 Å². The monoisotopic (exact) mass is 549 g/mol. The molecule has 0 saturated heterocycles. The van der Waals surface area contributed by atoms with Crippen molar-refractivity contribution >= 4 is 39.3 Å². The summed E-state index contributed by atoms with van der Waals surface area (Å²) in [5.74, 6) is 0.348. The number of nitriles is 1. The molecule has 36 heavy (non-hydrogen) atoms. The van der Waals surface area contributed by atoms with Crippen LogP contribution in [-0.2, 0) is 11.4 Å². The van der Waals surface area contributed by atoms with Crippen molar-refractivity contribution in [2.45, 2.75) is 27.4 Å². The maximum absolute atomic E-state index is 12.8. The topological polar surface area (TPSA) is 114 Å². The van der Waals surface area contributed by atoms with Crippen molar-refractivity contribution < 1.29 is 19.2 Å². The molecule has 184 valence electrons. The van der Waals surface area contributed by atoms with E-state index in [1.54, 1.807) is 24.3 Å². The number of amides is 1. The zero-order valence-electron chi connectivity index (χ0n) is 20.0. The van der Waals surface area contributed by atoms with Gasteiger partial charge < -0.3 is 14.8 Å². The number of nitro groups is 1. The van der Waals surface area contributed by atoms with Gasteiger partial charge in [0.1, 0.15) is 18.2 Å². The number of nitro benzene ring substituents is 1. The molecule has 3 rings (SSSR count). The van der Waals surface area contributed by atoms with E-state index in [1.165, 1.54) is 18.2 Å². The molecule has 3 aromatic rings. The summed E-state index contributed by atoms with van der Waals surface area (Å²) in [5, 5.41) is 23.3. The maximum atomic E-state index is 12.8. The molecular weight excluding hydrogens is 526 g/mol. The van der Waals surface area contributed by atoms with Crippen LogP contribution >= 0.6 is 15.9 Å². The van der Waals surface area contributed by atoms with E-state index < -0.39 is 10.8 Å². The standard InChI is InChI=1S/C27H24BrN3O5/c1-4-35-24-14-20(12-21(15-29)27(32)30-25-17(2)6-5-7-18(25)3)13-23(28)26(24)36-16-19-8-10-22(11-9-19)31(33)34/h5-14H,4,16H2,1-3H3,(H,30,32)/b21-12-. The molecule has 0 spiro atoms. The van der Waals surface area contributed by atoms with Crippen molar-refractivity contribution in [3.8, 4) is 17.6 Å². The summed E-state index contributed by atoms with van der Waals surface area (Å²) in [6.45, 7) is 6.13. The van der Waals surface area contributed by atoms with Gasteiger partial charge in [0.05, 0.1) is 16.0 Å². The van der Waals surface area contributed by atoms with Crippen LogP contribution in [0.2, 0.25) is 0 Å². The van der Waals surface area contributed by atoms with E-state index in [1.807, 2.05) is 45.0 Å². The number of carbonyl (C=O) groups excluding carboxylic acids is 1. The average Bonchev–Trinajstić information content (AvgIpc) is 2.84. The van der Waals surface area contributed by atoms with Gasteiger partial charge in [-0.2, -0.15) is 5.26 Å². The molecule has 1 N–H and O–H groups in total. The fourth-order valence-electron chi connectivity index (χ4n) is 3.45. The molecule has 0 radical (unpaired) electrons. The van der Waals surface area contributed by atoms with E-state index in [0.717, 1.165) is 16.7 Å². The van der Waals surface area contributed by atoms with Crippen molar-refractivity contribution in [3.63, 3.8) is 0 Å². The lowest BCUT2D eigenvalue weighted by molar-refractivity contribution is -0.384. The summed E-state index contributed by atoms with van der Waals surface area (Å²) in [6, 6.07) is 17.1. The Morgan fingerprint density at radius 2 is 1.81 bits per heavy atom. The van der Waals surface area contributed by atoms with Crippen molar-refractivity contribution in [2.24, 2.45) is 0 Å². The van der Waals surface area contributed by atoms with Crippen molar-refractivity contribution in [1.82, 2.24) is 0 Å². The molecule has 3 aromatic carbocycles. The van der Waals surface area contributed by atoms with E-state index in [4.69, 9.17) is 9.47 Å². The third-order valence-corrected chi connectivity index (χ3v) is 5.85. The third kappa shape index (κ3) is 6.49. The third-order valence-electron chi connectivity index (χ3n) is 5.26. The smallest absolute Gasteiger partial charge is 0.269 e. The minimum atomic E-state index is -0.512. The highest BCUT2D eigenvalue weighted by molar-refractivity contribution is 9.10. The first-order chi connectivity index (χ1) is 17.2. The summed E-state index contributed by atoms with van der Waals surface area (Å²) in [7, 11) is 0. The highest BCUT2D eigenvalue weighted by Crippen LogP contribution is 2.38. The SMILES string of the molecule is CCOc1cc(/C=C(/C#N)C(=O)Nc2c(C)cccc2C)cc(Br)c1OCc1ccc([N+](=O)[O-])cc1. The lowest BCUT2D eigenvalue weighted by atomic mass is 10.1. The van der Waals surface area contributed by atoms with Gasteiger partial charge in [0.25, 0.3) is 11.6 Å². The number of nitrogens with one attached hydrogen (secondary N) is 1. The lowest BCUT2D eigenvalue weighted by Gasteiger charge is -2.15. The lowest BCUT2D eigenvalue weighted by Crippen LogP contribution is -2.15. The summed E-state index contributed by atoms with van der Waals surface area (Å²) < 4.78 is 12.2. The van der Waals surface area contributed by atoms with Gasteiger partial charge in [-0.3, -0.25) is 14.9 Å². The molecule has 0 heterocycles. The Balaban J connectivity index is 1.85. The molecule has 9 heteroatoms. The van der Waals surface area contributed by atoms with E-state index >= 15 is 0 Å². The largest absolute Gasteiger partial charge is 0.490 e. The quantitative estimate of drug-likeness (QED) is 0.141. The Hall–Kier alpha value is -4.16. The Labute approximate surface area is 217 Å². The molecule has 1 amide bonds. The van der Waals surface area contributed by atoms with E-state index in [0.29, 0.717) is 33.8 Å². The number of nitrogens with zero attached hydrogens (tertiary/aromatic N) is 2. The molecular formula is C27H24BrN3O5. The number of anilines is 1. The van der Waals surface area contributed by atoms with Gasteiger partial charge in [0, 0.05) is 17.8 Å². The van der Waals surface area contributed by atoms with Crippen molar-refractivity contribution in [1.29, 1.82) is 5.26 Å². The van der Waals surface area contributed by atoms with Crippen LogP contribution in [-0.4, -0.2) is 17.4 Å². The number of para-hydroxylation sites is 1. The number of ether oxygens (including phenoxy) is 2. The van der Waals surface area contributed by atoms with Crippen LogP contribution in [0.5, 0.6) is 11.5 Å². The van der Waals surface area contributed by atoms with Crippen LogP contribution in [0.4, 0.5) is 11.4 Å². The van der Waals surface area contributed by atoms with Crippen molar-refractivity contribution in [3.05, 3.63) is 97.0 Å². The minimum absolute atomic E-state index is 0.000922. The Morgan fingerprint density at radius 3 is 2.39 bits per heavy atom. The number of halogens is 1. The van der Waals surface area contributed by atoms with Gasteiger partial charge in [-0.1, -0.05) is 18.2 Å². The Kier molecular flexibility index (Phi) is 8.81.